The van der Waals surface area contributed by atoms with E-state index in [1.54, 1.807) is 11.3 Å². The molecule has 104 valence electrons. The molecule has 2 aromatic rings. The van der Waals surface area contributed by atoms with Crippen molar-refractivity contribution in [1.29, 1.82) is 0 Å². The molecule has 1 aliphatic heterocycles. The Morgan fingerprint density at radius 3 is 3.11 bits per heavy atom. The van der Waals surface area contributed by atoms with Crippen LogP contribution in [0.5, 0.6) is 0 Å². The number of aromatic nitrogens is 2. The fraction of sp³-hybridized carbons (Fsp3) is 0.500. The van der Waals surface area contributed by atoms with Crippen LogP contribution < -0.4 is 5.32 Å². The third-order valence-corrected chi connectivity index (χ3v) is 4.81. The Labute approximate surface area is 130 Å². The van der Waals surface area contributed by atoms with E-state index >= 15 is 0 Å². The van der Waals surface area contributed by atoms with E-state index in [-0.39, 0.29) is 12.4 Å². The van der Waals surface area contributed by atoms with Crippen molar-refractivity contribution in [1.82, 2.24) is 15.5 Å². The van der Waals surface area contributed by atoms with Gasteiger partial charge in [-0.25, -0.2) is 0 Å². The predicted octanol–water partition coefficient (Wildman–Crippen LogP) is 3.67. The highest BCUT2D eigenvalue weighted by Crippen LogP contribution is 2.27. The Morgan fingerprint density at radius 2 is 2.42 bits per heavy atom. The second kappa shape index (κ2) is 6.83. The molecule has 0 amide bonds. The molecule has 1 atom stereocenters. The number of rotatable bonds is 4. The summed E-state index contributed by atoms with van der Waals surface area (Å²) < 4.78 is 6.35. The molecular weight excluding hydrogens is 350 g/mol. The zero-order valence-corrected chi connectivity index (χ0v) is 13.5. The monoisotopic (exact) mass is 363 g/mol. The zero-order valence-electron chi connectivity index (χ0n) is 10.3. The van der Waals surface area contributed by atoms with Gasteiger partial charge in [-0.15, -0.1) is 23.7 Å². The molecule has 7 heteroatoms. The summed E-state index contributed by atoms with van der Waals surface area (Å²) >= 11 is 5.04. The maximum Gasteiger partial charge on any atom is 0.227 e. The Morgan fingerprint density at radius 1 is 1.53 bits per heavy atom. The van der Waals surface area contributed by atoms with E-state index in [0.717, 1.165) is 34.6 Å². The van der Waals surface area contributed by atoms with Gasteiger partial charge in [0.25, 0.3) is 0 Å². The van der Waals surface area contributed by atoms with Crippen LogP contribution in [0.3, 0.4) is 0 Å². The van der Waals surface area contributed by atoms with E-state index in [1.165, 1.54) is 12.8 Å². The Bertz CT molecular complexity index is 525. The van der Waals surface area contributed by atoms with Gasteiger partial charge < -0.3 is 9.84 Å². The topological polar surface area (TPSA) is 51.0 Å². The summed E-state index contributed by atoms with van der Waals surface area (Å²) in [6.45, 7) is 1.14. The van der Waals surface area contributed by atoms with Crippen molar-refractivity contribution < 1.29 is 4.52 Å². The smallest absolute Gasteiger partial charge is 0.227 e. The average molecular weight is 365 g/mol. The number of nitrogens with one attached hydrogen (secondary N) is 1. The van der Waals surface area contributed by atoms with Gasteiger partial charge in [0.15, 0.2) is 0 Å². The molecule has 0 bridgehead atoms. The summed E-state index contributed by atoms with van der Waals surface area (Å²) in [5, 5.41) is 9.52. The molecule has 0 spiro atoms. The van der Waals surface area contributed by atoms with Crippen LogP contribution in [-0.4, -0.2) is 22.7 Å². The van der Waals surface area contributed by atoms with Gasteiger partial charge in [-0.05, 0) is 47.8 Å². The predicted molar refractivity (Wildman–Crippen MR) is 81.9 cm³/mol. The number of aryl methyl sites for hydroxylation is 1. The molecule has 0 aliphatic carbocycles. The molecule has 3 rings (SSSR count). The maximum absolute atomic E-state index is 5.29. The van der Waals surface area contributed by atoms with Gasteiger partial charge in [0, 0.05) is 22.3 Å². The number of hydrogen-bond acceptors (Lipinski definition) is 5. The second-order valence-corrected chi connectivity index (χ2v) is 6.30. The van der Waals surface area contributed by atoms with Crippen molar-refractivity contribution in [2.45, 2.75) is 31.7 Å². The number of nitrogens with zero attached hydrogens (tertiary/aromatic N) is 2. The first-order valence-electron chi connectivity index (χ1n) is 6.11. The van der Waals surface area contributed by atoms with E-state index in [2.05, 4.69) is 31.4 Å². The van der Waals surface area contributed by atoms with Crippen molar-refractivity contribution in [2.24, 2.45) is 0 Å². The number of halogens is 2. The molecular formula is C12H15BrClN3OS. The van der Waals surface area contributed by atoms with E-state index in [0.29, 0.717) is 11.9 Å². The molecule has 0 radical (unpaired) electrons. The minimum Gasteiger partial charge on any atom is -0.339 e. The highest BCUT2D eigenvalue weighted by molar-refractivity contribution is 9.10. The Hall–Kier alpha value is -0.430. The minimum absolute atomic E-state index is 0. The quantitative estimate of drug-likeness (QED) is 0.899. The first kappa shape index (κ1) is 15.0. The fourth-order valence-corrected chi connectivity index (χ4v) is 3.54. The Kier molecular flexibility index (Phi) is 5.38. The molecule has 19 heavy (non-hydrogen) atoms. The van der Waals surface area contributed by atoms with E-state index < -0.39 is 0 Å². The van der Waals surface area contributed by atoms with Crippen LogP contribution >= 0.6 is 39.7 Å². The lowest BCUT2D eigenvalue weighted by Crippen LogP contribution is -2.21. The van der Waals surface area contributed by atoms with Crippen molar-refractivity contribution in [3.8, 4) is 10.7 Å². The van der Waals surface area contributed by atoms with Crippen molar-refractivity contribution >= 4 is 39.7 Å². The SMILES string of the molecule is Brc1csc(-c2noc(CCC3CCCN3)n2)c1.Cl. The number of hydrogen-bond donors (Lipinski definition) is 1. The third-order valence-electron chi connectivity index (χ3n) is 3.12. The number of thiophene rings is 1. The normalized spacial score (nSPS) is 18.5. The summed E-state index contributed by atoms with van der Waals surface area (Å²) in [6, 6.07) is 2.63. The molecule has 0 saturated carbocycles. The lowest BCUT2D eigenvalue weighted by Gasteiger charge is -2.06. The van der Waals surface area contributed by atoms with Gasteiger partial charge in [-0.2, -0.15) is 4.98 Å². The summed E-state index contributed by atoms with van der Waals surface area (Å²) in [5.74, 6) is 1.43. The lowest BCUT2D eigenvalue weighted by atomic mass is 10.1. The summed E-state index contributed by atoms with van der Waals surface area (Å²) in [7, 11) is 0. The lowest BCUT2D eigenvalue weighted by molar-refractivity contribution is 0.369. The molecule has 1 saturated heterocycles. The van der Waals surface area contributed by atoms with Gasteiger partial charge in [0.2, 0.25) is 11.7 Å². The highest BCUT2D eigenvalue weighted by Gasteiger charge is 2.16. The van der Waals surface area contributed by atoms with E-state index in [9.17, 15) is 0 Å². The van der Waals surface area contributed by atoms with Crippen LogP contribution in [0.4, 0.5) is 0 Å². The Balaban J connectivity index is 0.00000133. The molecule has 3 heterocycles. The average Bonchev–Trinajstić information content (AvgIpc) is 3.07. The van der Waals surface area contributed by atoms with Gasteiger partial charge in [0.1, 0.15) is 0 Å². The van der Waals surface area contributed by atoms with Crippen LogP contribution in [-0.2, 0) is 6.42 Å². The summed E-state index contributed by atoms with van der Waals surface area (Å²) in [5.41, 5.74) is 0. The van der Waals surface area contributed by atoms with Crippen molar-refractivity contribution in [2.75, 3.05) is 6.54 Å². The maximum atomic E-state index is 5.29. The fourth-order valence-electron chi connectivity index (χ4n) is 2.19. The standard InChI is InChI=1S/C12H14BrN3OS.ClH/c13-8-6-10(18-7-8)12-15-11(17-16-12)4-3-9-2-1-5-14-9;/h6-7,9,14H,1-5H2;1H. The van der Waals surface area contributed by atoms with Crippen LogP contribution in [0.25, 0.3) is 10.7 Å². The van der Waals surface area contributed by atoms with Crippen LogP contribution in [0.15, 0.2) is 20.4 Å². The minimum atomic E-state index is 0. The molecule has 0 aromatic carbocycles. The van der Waals surface area contributed by atoms with E-state index in [4.69, 9.17) is 4.52 Å². The molecule has 1 N–H and O–H groups in total. The van der Waals surface area contributed by atoms with Crippen LogP contribution in [0.1, 0.15) is 25.2 Å². The van der Waals surface area contributed by atoms with E-state index in [1.807, 2.05) is 11.4 Å². The van der Waals surface area contributed by atoms with Gasteiger partial charge in [-0.1, -0.05) is 5.16 Å². The first-order valence-corrected chi connectivity index (χ1v) is 7.79. The van der Waals surface area contributed by atoms with Gasteiger partial charge >= 0.3 is 0 Å². The zero-order chi connectivity index (χ0) is 12.4. The van der Waals surface area contributed by atoms with Crippen molar-refractivity contribution in [3.05, 3.63) is 21.8 Å². The van der Waals surface area contributed by atoms with Gasteiger partial charge in [0.05, 0.1) is 4.88 Å². The highest BCUT2D eigenvalue weighted by atomic mass is 79.9. The first-order chi connectivity index (χ1) is 8.81. The third kappa shape index (κ3) is 3.78. The van der Waals surface area contributed by atoms with Crippen LogP contribution in [0, 0.1) is 0 Å². The molecule has 1 unspecified atom stereocenters. The largest absolute Gasteiger partial charge is 0.339 e. The van der Waals surface area contributed by atoms with Gasteiger partial charge in [-0.3, -0.25) is 0 Å². The van der Waals surface area contributed by atoms with Crippen molar-refractivity contribution in [3.63, 3.8) is 0 Å². The summed E-state index contributed by atoms with van der Waals surface area (Å²) in [6.07, 6.45) is 4.48. The van der Waals surface area contributed by atoms with Crippen LogP contribution in [0.2, 0.25) is 0 Å². The summed E-state index contributed by atoms with van der Waals surface area (Å²) in [4.78, 5) is 5.48. The molecule has 2 aromatic heterocycles. The second-order valence-electron chi connectivity index (χ2n) is 4.47. The molecule has 4 nitrogen and oxygen atoms in total. The molecule has 1 aliphatic rings. The molecule has 1 fully saturated rings.